The summed E-state index contributed by atoms with van der Waals surface area (Å²) in [5, 5.41) is 3.01. The second kappa shape index (κ2) is 11.0. The minimum Gasteiger partial charge on any atom is -0.494 e. The maximum absolute atomic E-state index is 13.1. The normalized spacial score (nSPS) is 12.1. The Labute approximate surface area is 196 Å². The molecule has 0 radical (unpaired) electrons. The largest absolute Gasteiger partial charge is 0.494 e. The summed E-state index contributed by atoms with van der Waals surface area (Å²) in [7, 11) is -3.68. The first-order valence-electron chi connectivity index (χ1n) is 10.9. The van der Waals surface area contributed by atoms with Crippen LogP contribution >= 0.6 is 0 Å². The molecule has 3 rings (SSSR count). The molecule has 0 aromatic heterocycles. The molecule has 6 nitrogen and oxygen atoms in total. The SMILES string of the molecule is CCCOc1ccc(N(CC(=O)NC(c2ccccc2)c2ccc(C)cc2)S(C)(=O)=O)cc1. The summed E-state index contributed by atoms with van der Waals surface area (Å²) >= 11 is 0. The van der Waals surface area contributed by atoms with Crippen LogP contribution in [0.4, 0.5) is 5.69 Å². The Bertz CT molecular complexity index is 1150. The van der Waals surface area contributed by atoms with Gasteiger partial charge in [-0.2, -0.15) is 0 Å². The van der Waals surface area contributed by atoms with Crippen LogP contribution in [-0.4, -0.2) is 33.7 Å². The number of hydrogen-bond donors (Lipinski definition) is 1. The summed E-state index contributed by atoms with van der Waals surface area (Å²) in [5.41, 5.74) is 3.36. The molecule has 1 amide bonds. The third-order valence-electron chi connectivity index (χ3n) is 5.13. The molecule has 7 heteroatoms. The highest BCUT2D eigenvalue weighted by atomic mass is 32.2. The van der Waals surface area contributed by atoms with Crippen LogP contribution in [0.3, 0.4) is 0 Å². The molecule has 1 unspecified atom stereocenters. The van der Waals surface area contributed by atoms with Gasteiger partial charge in [-0.3, -0.25) is 9.10 Å². The Morgan fingerprint density at radius 1 is 0.939 bits per heavy atom. The highest BCUT2D eigenvalue weighted by Crippen LogP contribution is 2.24. The Morgan fingerprint density at radius 3 is 2.12 bits per heavy atom. The van der Waals surface area contributed by atoms with Gasteiger partial charge in [0.25, 0.3) is 0 Å². The number of nitrogens with one attached hydrogen (secondary N) is 1. The molecule has 1 N–H and O–H groups in total. The third kappa shape index (κ3) is 6.83. The molecule has 0 aliphatic rings. The minimum absolute atomic E-state index is 0.330. The van der Waals surface area contributed by atoms with E-state index in [4.69, 9.17) is 4.74 Å². The zero-order valence-corrected chi connectivity index (χ0v) is 20.0. The van der Waals surface area contributed by atoms with Crippen LogP contribution in [0.5, 0.6) is 5.75 Å². The smallest absolute Gasteiger partial charge is 0.241 e. The number of hydrogen-bond acceptors (Lipinski definition) is 4. The quantitative estimate of drug-likeness (QED) is 0.479. The second-order valence-corrected chi connectivity index (χ2v) is 9.84. The maximum atomic E-state index is 13.1. The van der Waals surface area contributed by atoms with Gasteiger partial charge in [-0.25, -0.2) is 8.42 Å². The fraction of sp³-hybridized carbons (Fsp3) is 0.269. The van der Waals surface area contributed by atoms with Crippen molar-refractivity contribution < 1.29 is 17.9 Å². The number of anilines is 1. The number of amides is 1. The van der Waals surface area contributed by atoms with Crippen LogP contribution in [-0.2, 0) is 14.8 Å². The Morgan fingerprint density at radius 2 is 1.55 bits per heavy atom. The van der Waals surface area contributed by atoms with Gasteiger partial charge in [0.15, 0.2) is 0 Å². The van der Waals surface area contributed by atoms with Crippen molar-refractivity contribution >= 4 is 21.6 Å². The van der Waals surface area contributed by atoms with Crippen LogP contribution in [0, 0.1) is 6.92 Å². The molecule has 0 saturated carbocycles. The average Bonchev–Trinajstić information content (AvgIpc) is 2.81. The number of carbonyl (C=O) groups excluding carboxylic acids is 1. The van der Waals surface area contributed by atoms with E-state index in [9.17, 15) is 13.2 Å². The summed E-state index contributed by atoms with van der Waals surface area (Å²) in [6, 6.07) is 23.8. The van der Waals surface area contributed by atoms with Gasteiger partial charge in [-0.05, 0) is 48.7 Å². The fourth-order valence-electron chi connectivity index (χ4n) is 3.43. The second-order valence-electron chi connectivity index (χ2n) is 7.93. The predicted molar refractivity (Wildman–Crippen MR) is 132 cm³/mol. The molecule has 0 saturated heterocycles. The van der Waals surface area contributed by atoms with Gasteiger partial charge in [-0.1, -0.05) is 67.1 Å². The lowest BCUT2D eigenvalue weighted by molar-refractivity contribution is -0.120. The van der Waals surface area contributed by atoms with Gasteiger partial charge in [0.1, 0.15) is 12.3 Å². The van der Waals surface area contributed by atoms with Crippen LogP contribution in [0.15, 0.2) is 78.9 Å². The topological polar surface area (TPSA) is 75.7 Å². The standard InChI is InChI=1S/C26H30N2O4S/c1-4-18-32-24-16-14-23(15-17-24)28(33(3,30)31)19-25(29)27-26(21-8-6-5-7-9-21)22-12-10-20(2)11-13-22/h5-17,26H,4,18-19H2,1-3H3,(H,27,29). The highest BCUT2D eigenvalue weighted by molar-refractivity contribution is 7.92. The van der Waals surface area contributed by atoms with E-state index in [1.807, 2.05) is 68.4 Å². The summed E-state index contributed by atoms with van der Waals surface area (Å²) < 4.78 is 31.7. The van der Waals surface area contributed by atoms with Crippen LogP contribution in [0.1, 0.15) is 36.1 Å². The number of carbonyl (C=O) groups is 1. The van der Waals surface area contributed by atoms with Crippen molar-refractivity contribution in [3.63, 3.8) is 0 Å². The van der Waals surface area contributed by atoms with E-state index in [2.05, 4.69) is 5.32 Å². The number of rotatable bonds is 10. The first-order valence-corrected chi connectivity index (χ1v) is 12.7. The van der Waals surface area contributed by atoms with E-state index in [1.54, 1.807) is 24.3 Å². The molecule has 0 spiro atoms. The number of aryl methyl sites for hydroxylation is 1. The monoisotopic (exact) mass is 466 g/mol. The molecule has 0 aliphatic heterocycles. The van der Waals surface area contributed by atoms with Gasteiger partial charge in [0, 0.05) is 0 Å². The first-order chi connectivity index (χ1) is 15.8. The Balaban J connectivity index is 1.82. The minimum atomic E-state index is -3.68. The van der Waals surface area contributed by atoms with Gasteiger partial charge in [-0.15, -0.1) is 0 Å². The van der Waals surface area contributed by atoms with Crippen molar-refractivity contribution in [1.82, 2.24) is 5.32 Å². The van der Waals surface area contributed by atoms with Gasteiger partial charge in [0.2, 0.25) is 15.9 Å². The van der Waals surface area contributed by atoms with Crippen LogP contribution in [0.25, 0.3) is 0 Å². The first kappa shape index (κ1) is 24.3. The Hall–Kier alpha value is -3.32. The lowest BCUT2D eigenvalue weighted by Gasteiger charge is -2.25. The average molecular weight is 467 g/mol. The molecule has 0 heterocycles. The molecule has 0 bridgehead atoms. The number of sulfonamides is 1. The van der Waals surface area contributed by atoms with E-state index in [0.717, 1.165) is 33.7 Å². The zero-order chi connectivity index (χ0) is 23.8. The summed E-state index contributed by atoms with van der Waals surface area (Å²) in [5.74, 6) is 0.253. The molecular weight excluding hydrogens is 436 g/mol. The zero-order valence-electron chi connectivity index (χ0n) is 19.2. The maximum Gasteiger partial charge on any atom is 0.241 e. The predicted octanol–water partition coefficient (Wildman–Crippen LogP) is 4.46. The summed E-state index contributed by atoms with van der Waals surface area (Å²) in [4.78, 5) is 13.1. The van der Waals surface area contributed by atoms with Gasteiger partial charge in [0.05, 0.1) is 24.6 Å². The number of benzene rings is 3. The molecule has 0 aliphatic carbocycles. The lowest BCUT2D eigenvalue weighted by atomic mass is 9.98. The van der Waals surface area contributed by atoms with Crippen molar-refractivity contribution in [2.24, 2.45) is 0 Å². The summed E-state index contributed by atoms with van der Waals surface area (Å²) in [6.45, 7) is 4.26. The van der Waals surface area contributed by atoms with Crippen molar-refractivity contribution in [1.29, 1.82) is 0 Å². The van der Waals surface area contributed by atoms with E-state index < -0.39 is 22.0 Å². The van der Waals surface area contributed by atoms with Crippen molar-refractivity contribution in [2.75, 3.05) is 23.7 Å². The molecule has 3 aromatic carbocycles. The third-order valence-corrected chi connectivity index (χ3v) is 6.27. The fourth-order valence-corrected chi connectivity index (χ4v) is 4.29. The van der Waals surface area contributed by atoms with Crippen LogP contribution < -0.4 is 14.4 Å². The number of ether oxygens (including phenoxy) is 1. The molecule has 33 heavy (non-hydrogen) atoms. The van der Waals surface area contributed by atoms with E-state index >= 15 is 0 Å². The highest BCUT2D eigenvalue weighted by Gasteiger charge is 2.23. The van der Waals surface area contributed by atoms with Crippen molar-refractivity contribution in [3.8, 4) is 5.75 Å². The Kier molecular flexibility index (Phi) is 8.11. The number of nitrogens with zero attached hydrogens (tertiary/aromatic N) is 1. The van der Waals surface area contributed by atoms with Crippen molar-refractivity contribution in [2.45, 2.75) is 26.3 Å². The van der Waals surface area contributed by atoms with Gasteiger partial charge < -0.3 is 10.1 Å². The van der Waals surface area contributed by atoms with E-state index in [1.165, 1.54) is 0 Å². The van der Waals surface area contributed by atoms with Crippen LogP contribution in [0.2, 0.25) is 0 Å². The molecule has 174 valence electrons. The van der Waals surface area contributed by atoms with Crippen molar-refractivity contribution in [3.05, 3.63) is 95.6 Å². The molecule has 1 atom stereocenters. The van der Waals surface area contributed by atoms with Gasteiger partial charge >= 0.3 is 0 Å². The van der Waals surface area contributed by atoms with E-state index in [0.29, 0.717) is 18.0 Å². The molecule has 0 fully saturated rings. The summed E-state index contributed by atoms with van der Waals surface area (Å²) in [6.07, 6.45) is 1.97. The lowest BCUT2D eigenvalue weighted by Crippen LogP contribution is -2.41. The molecular formula is C26H30N2O4S. The molecule has 3 aromatic rings. The van der Waals surface area contributed by atoms with E-state index in [-0.39, 0.29) is 6.54 Å².